The van der Waals surface area contributed by atoms with E-state index in [1.165, 1.54) is 17.4 Å². The average molecular weight is 372 g/mol. The Morgan fingerprint density at radius 2 is 1.73 bits per heavy atom. The molecule has 3 rings (SSSR count). The molecule has 0 fully saturated rings. The highest BCUT2D eigenvalue weighted by Gasteiger charge is 2.15. The van der Waals surface area contributed by atoms with E-state index in [-0.39, 0.29) is 31.1 Å². The number of hydrogen-bond acceptors (Lipinski definition) is 6. The fraction of sp³-hybridized carbons (Fsp3) is 0.167. The van der Waals surface area contributed by atoms with Crippen LogP contribution in [0.3, 0.4) is 0 Å². The molecule has 1 aromatic heterocycles. The van der Waals surface area contributed by atoms with Crippen molar-refractivity contribution in [2.75, 3.05) is 5.32 Å². The van der Waals surface area contributed by atoms with Gasteiger partial charge in [0, 0.05) is 0 Å². The summed E-state index contributed by atoms with van der Waals surface area (Å²) < 4.78 is 0.771. The smallest absolute Gasteiger partial charge is 0.335 e. The number of hydrogen-bond donors (Lipinski definition) is 4. The van der Waals surface area contributed by atoms with Crippen molar-refractivity contribution in [2.24, 2.45) is 0 Å². The molecule has 0 aliphatic heterocycles. The molecule has 0 bridgehead atoms. The second kappa shape index (κ2) is 7.61. The van der Waals surface area contributed by atoms with E-state index in [0.717, 1.165) is 4.70 Å². The minimum absolute atomic E-state index is 0.0812. The van der Waals surface area contributed by atoms with Crippen LogP contribution >= 0.6 is 11.3 Å². The Bertz CT molecular complexity index is 942. The van der Waals surface area contributed by atoms with E-state index in [1.54, 1.807) is 30.3 Å². The zero-order valence-corrected chi connectivity index (χ0v) is 14.4. The maximum atomic E-state index is 12.3. The van der Waals surface area contributed by atoms with Crippen molar-refractivity contribution in [3.8, 4) is 0 Å². The first-order valence-corrected chi connectivity index (χ1v) is 8.58. The van der Waals surface area contributed by atoms with Crippen molar-refractivity contribution in [2.45, 2.75) is 19.6 Å². The Labute approximate surface area is 152 Å². The molecule has 0 radical (unpaired) electrons. The first-order valence-electron chi connectivity index (χ1n) is 7.77. The van der Waals surface area contributed by atoms with Gasteiger partial charge in [-0.15, -0.1) is 0 Å². The van der Waals surface area contributed by atoms with E-state index >= 15 is 0 Å². The number of thiazole rings is 1. The molecule has 2 aromatic carbocycles. The van der Waals surface area contributed by atoms with Gasteiger partial charge >= 0.3 is 5.97 Å². The van der Waals surface area contributed by atoms with Crippen molar-refractivity contribution in [3.05, 3.63) is 58.7 Å². The summed E-state index contributed by atoms with van der Waals surface area (Å²) in [6.45, 7) is -0.408. The zero-order valence-electron chi connectivity index (χ0n) is 13.6. The van der Waals surface area contributed by atoms with Crippen LogP contribution in [0.5, 0.6) is 0 Å². The highest BCUT2D eigenvalue weighted by molar-refractivity contribution is 7.22. The summed E-state index contributed by atoms with van der Waals surface area (Å²) in [5, 5.41) is 30.9. The van der Waals surface area contributed by atoms with Crippen LogP contribution < -0.4 is 5.32 Å². The van der Waals surface area contributed by atoms with Crippen LogP contribution in [0, 0.1) is 0 Å². The molecule has 1 amide bonds. The summed E-state index contributed by atoms with van der Waals surface area (Å²) in [6, 6.07) is 9.74. The quantitative estimate of drug-likeness (QED) is 0.526. The molecular formula is C18H16N2O5S. The lowest BCUT2D eigenvalue weighted by molar-refractivity contribution is -0.115. The molecule has 134 valence electrons. The number of carbonyl (C=O) groups excluding carboxylic acids is 1. The first kappa shape index (κ1) is 18.0. The molecule has 4 N–H and O–H groups in total. The van der Waals surface area contributed by atoms with Crippen molar-refractivity contribution < 1.29 is 24.9 Å². The first-order chi connectivity index (χ1) is 12.5. The zero-order chi connectivity index (χ0) is 18.7. The summed E-state index contributed by atoms with van der Waals surface area (Å²) in [5.41, 5.74) is 2.31. The monoisotopic (exact) mass is 372 g/mol. The predicted molar refractivity (Wildman–Crippen MR) is 97.2 cm³/mol. The van der Waals surface area contributed by atoms with E-state index in [4.69, 9.17) is 0 Å². The number of aromatic carboxylic acids is 1. The summed E-state index contributed by atoms with van der Waals surface area (Å²) >= 11 is 1.24. The maximum absolute atomic E-state index is 12.3. The Kier molecular flexibility index (Phi) is 5.27. The molecule has 1 heterocycles. The lowest BCUT2D eigenvalue weighted by Gasteiger charge is -2.05. The summed E-state index contributed by atoms with van der Waals surface area (Å²) in [7, 11) is 0. The van der Waals surface area contributed by atoms with Gasteiger partial charge in [0.2, 0.25) is 5.91 Å². The third-order valence-electron chi connectivity index (χ3n) is 3.90. The van der Waals surface area contributed by atoms with Crippen LogP contribution in [0.15, 0.2) is 36.4 Å². The van der Waals surface area contributed by atoms with Gasteiger partial charge < -0.3 is 20.6 Å². The van der Waals surface area contributed by atoms with Crippen LogP contribution in [0.1, 0.15) is 27.0 Å². The number of carbonyl (C=O) groups is 2. The predicted octanol–water partition coefficient (Wildman–Crippen LogP) is 2.16. The lowest BCUT2D eigenvalue weighted by Crippen LogP contribution is -2.16. The molecule has 0 spiro atoms. The summed E-state index contributed by atoms with van der Waals surface area (Å²) in [4.78, 5) is 27.8. The van der Waals surface area contributed by atoms with Gasteiger partial charge in [-0.25, -0.2) is 9.78 Å². The van der Waals surface area contributed by atoms with Gasteiger partial charge in [0.15, 0.2) is 5.13 Å². The largest absolute Gasteiger partial charge is 0.478 e. The molecule has 0 unspecified atom stereocenters. The topological polar surface area (TPSA) is 120 Å². The van der Waals surface area contributed by atoms with Crippen LogP contribution in [0.2, 0.25) is 0 Å². The summed E-state index contributed by atoms with van der Waals surface area (Å²) in [6.07, 6.45) is -0.0812. The molecule has 0 aliphatic rings. The Morgan fingerprint density at radius 1 is 1.04 bits per heavy atom. The fourth-order valence-corrected chi connectivity index (χ4v) is 3.55. The van der Waals surface area contributed by atoms with Gasteiger partial charge in [-0.1, -0.05) is 29.5 Å². The van der Waals surface area contributed by atoms with Crippen molar-refractivity contribution in [1.29, 1.82) is 0 Å². The van der Waals surface area contributed by atoms with E-state index in [2.05, 4.69) is 10.3 Å². The number of benzene rings is 2. The van der Waals surface area contributed by atoms with Crippen molar-refractivity contribution in [1.82, 2.24) is 4.98 Å². The average Bonchev–Trinajstić information content (AvgIpc) is 3.01. The number of carboxylic acids is 1. The van der Waals surface area contributed by atoms with Crippen molar-refractivity contribution >= 4 is 38.6 Å². The van der Waals surface area contributed by atoms with Crippen LogP contribution in [-0.2, 0) is 24.4 Å². The second-order valence-corrected chi connectivity index (χ2v) is 6.64. The SMILES string of the molecule is O=C(Cc1ccccc1C(=O)O)Nc1nc2cc(CO)c(CO)cc2s1. The van der Waals surface area contributed by atoms with Gasteiger partial charge in [0.1, 0.15) is 0 Å². The maximum Gasteiger partial charge on any atom is 0.335 e. The molecule has 3 aromatic rings. The molecular weight excluding hydrogens is 356 g/mol. The third kappa shape index (κ3) is 3.72. The number of aromatic nitrogens is 1. The van der Waals surface area contributed by atoms with Crippen LogP contribution in [0.25, 0.3) is 10.2 Å². The van der Waals surface area contributed by atoms with E-state index in [1.807, 2.05) is 0 Å². The minimum Gasteiger partial charge on any atom is -0.478 e. The van der Waals surface area contributed by atoms with Crippen LogP contribution in [0.4, 0.5) is 5.13 Å². The minimum atomic E-state index is -1.08. The highest BCUT2D eigenvalue weighted by atomic mass is 32.1. The van der Waals surface area contributed by atoms with Crippen molar-refractivity contribution in [3.63, 3.8) is 0 Å². The fourth-order valence-electron chi connectivity index (χ4n) is 2.63. The third-order valence-corrected chi connectivity index (χ3v) is 4.83. The normalized spacial score (nSPS) is 10.8. The Balaban J connectivity index is 1.80. The van der Waals surface area contributed by atoms with Gasteiger partial charge in [-0.2, -0.15) is 0 Å². The second-order valence-electron chi connectivity index (χ2n) is 5.61. The standard InChI is InChI=1S/C18H16N2O5S/c21-8-11-5-14-15(6-12(11)9-22)26-18(19-14)20-16(23)7-10-3-1-2-4-13(10)17(24)25/h1-6,21-22H,7-9H2,(H,24,25)(H,19,20,23). The van der Waals surface area contributed by atoms with Gasteiger partial charge in [-0.05, 0) is 34.9 Å². The molecule has 0 atom stereocenters. The number of rotatable bonds is 6. The number of aliphatic hydroxyl groups is 2. The lowest BCUT2D eigenvalue weighted by atomic mass is 10.0. The molecule has 26 heavy (non-hydrogen) atoms. The van der Waals surface area contributed by atoms with Crippen LogP contribution in [-0.4, -0.2) is 32.2 Å². The Morgan fingerprint density at radius 3 is 2.42 bits per heavy atom. The van der Waals surface area contributed by atoms with E-state index in [0.29, 0.717) is 27.3 Å². The number of amides is 1. The summed E-state index contributed by atoms with van der Waals surface area (Å²) in [5.74, 6) is -1.45. The molecule has 7 nitrogen and oxygen atoms in total. The van der Waals surface area contributed by atoms with E-state index in [9.17, 15) is 24.9 Å². The molecule has 0 saturated heterocycles. The molecule has 0 aliphatic carbocycles. The number of fused-ring (bicyclic) bond motifs is 1. The number of nitrogens with one attached hydrogen (secondary N) is 1. The number of carboxylic acid groups (broad SMARTS) is 1. The number of aliphatic hydroxyl groups excluding tert-OH is 2. The van der Waals surface area contributed by atoms with Gasteiger partial charge in [0.25, 0.3) is 0 Å². The van der Waals surface area contributed by atoms with Gasteiger partial charge in [0.05, 0.1) is 35.4 Å². The highest BCUT2D eigenvalue weighted by Crippen LogP contribution is 2.29. The molecule has 0 saturated carbocycles. The number of anilines is 1. The van der Waals surface area contributed by atoms with Gasteiger partial charge in [-0.3, -0.25) is 4.79 Å². The van der Waals surface area contributed by atoms with E-state index < -0.39 is 5.97 Å². The Hall–Kier alpha value is -2.81. The molecule has 8 heteroatoms. The number of nitrogens with zero attached hydrogens (tertiary/aromatic N) is 1.